The van der Waals surface area contributed by atoms with Crippen LogP contribution >= 0.6 is 0 Å². The van der Waals surface area contributed by atoms with Gasteiger partial charge in [0.2, 0.25) is 15.9 Å². The molecular weight excluding hydrogens is 352 g/mol. The predicted octanol–water partition coefficient (Wildman–Crippen LogP) is 1.99. The maximum Gasteiger partial charge on any atom is 0.243 e. The SMILES string of the molecule is CNC(C)Cc1noc(Cc2ccc(S(=O)(=O)N3CCCCC3)cc2)n1. The molecule has 1 aromatic heterocycles. The monoisotopic (exact) mass is 378 g/mol. The van der Waals surface area contributed by atoms with E-state index in [2.05, 4.69) is 22.4 Å². The molecule has 0 aliphatic carbocycles. The second kappa shape index (κ2) is 8.28. The van der Waals surface area contributed by atoms with Crippen molar-refractivity contribution in [3.05, 3.63) is 41.5 Å². The standard InChI is InChI=1S/C18H26N4O3S/c1-14(19-2)12-17-20-18(25-21-17)13-15-6-8-16(9-7-15)26(23,24)22-10-4-3-5-11-22/h6-9,14,19H,3-5,10-13H2,1-2H3. The first-order valence-electron chi connectivity index (χ1n) is 9.07. The highest BCUT2D eigenvalue weighted by atomic mass is 32.2. The second-order valence-corrected chi connectivity index (χ2v) is 8.72. The topological polar surface area (TPSA) is 88.3 Å². The molecule has 2 aromatic rings. The Bertz CT molecular complexity index is 811. The predicted molar refractivity (Wildman–Crippen MR) is 98.4 cm³/mol. The summed E-state index contributed by atoms with van der Waals surface area (Å²) in [6.45, 7) is 3.28. The van der Waals surface area contributed by atoms with Gasteiger partial charge in [-0.25, -0.2) is 8.42 Å². The lowest BCUT2D eigenvalue weighted by molar-refractivity contribution is 0.346. The molecule has 1 N–H and O–H groups in total. The highest BCUT2D eigenvalue weighted by Crippen LogP contribution is 2.21. The van der Waals surface area contributed by atoms with E-state index in [4.69, 9.17) is 4.52 Å². The Kier molecular flexibility index (Phi) is 6.05. The number of sulfonamides is 1. The molecule has 3 rings (SSSR count). The number of nitrogens with zero attached hydrogens (tertiary/aromatic N) is 3. The van der Waals surface area contributed by atoms with E-state index in [9.17, 15) is 8.42 Å². The minimum atomic E-state index is -3.39. The summed E-state index contributed by atoms with van der Waals surface area (Å²) in [6.07, 6.45) is 4.16. The van der Waals surface area contributed by atoms with Crippen molar-refractivity contribution in [2.75, 3.05) is 20.1 Å². The maximum atomic E-state index is 12.7. The highest BCUT2D eigenvalue weighted by Gasteiger charge is 2.25. The zero-order valence-corrected chi connectivity index (χ0v) is 16.1. The van der Waals surface area contributed by atoms with E-state index < -0.39 is 10.0 Å². The maximum absolute atomic E-state index is 12.7. The lowest BCUT2D eigenvalue weighted by Crippen LogP contribution is -2.35. The number of benzene rings is 1. The van der Waals surface area contributed by atoms with Crippen LogP contribution in [0.25, 0.3) is 0 Å². The van der Waals surface area contributed by atoms with Crippen LogP contribution in [0, 0.1) is 0 Å². The van der Waals surface area contributed by atoms with Crippen LogP contribution in [0.5, 0.6) is 0 Å². The van der Waals surface area contributed by atoms with Crippen LogP contribution in [0.2, 0.25) is 0 Å². The molecular formula is C18H26N4O3S. The molecule has 1 saturated heterocycles. The number of likely N-dealkylation sites (N-methyl/N-ethyl adjacent to an activating group) is 1. The van der Waals surface area contributed by atoms with Crippen molar-refractivity contribution in [1.29, 1.82) is 0 Å². The average Bonchev–Trinajstić information content (AvgIpc) is 3.09. The zero-order valence-electron chi connectivity index (χ0n) is 15.3. The number of piperidine rings is 1. The van der Waals surface area contributed by atoms with Gasteiger partial charge in [0, 0.05) is 25.6 Å². The van der Waals surface area contributed by atoms with Gasteiger partial charge in [0.1, 0.15) is 0 Å². The van der Waals surface area contributed by atoms with Crippen molar-refractivity contribution in [3.63, 3.8) is 0 Å². The van der Waals surface area contributed by atoms with Gasteiger partial charge in [-0.15, -0.1) is 0 Å². The van der Waals surface area contributed by atoms with Gasteiger partial charge in [0.25, 0.3) is 0 Å². The Labute approximate surface area is 154 Å². The molecule has 0 radical (unpaired) electrons. The van der Waals surface area contributed by atoms with Crippen LogP contribution in [0.3, 0.4) is 0 Å². The molecule has 0 amide bonds. The highest BCUT2D eigenvalue weighted by molar-refractivity contribution is 7.89. The summed E-state index contributed by atoms with van der Waals surface area (Å²) < 4.78 is 32.2. The van der Waals surface area contributed by atoms with Crippen molar-refractivity contribution in [2.24, 2.45) is 0 Å². The molecule has 1 aliphatic rings. The van der Waals surface area contributed by atoms with E-state index in [0.29, 0.717) is 42.5 Å². The molecule has 8 heteroatoms. The van der Waals surface area contributed by atoms with E-state index in [-0.39, 0.29) is 6.04 Å². The fourth-order valence-corrected chi connectivity index (χ4v) is 4.55. The van der Waals surface area contributed by atoms with Gasteiger partial charge in [-0.05, 0) is 44.5 Å². The smallest absolute Gasteiger partial charge is 0.243 e. The number of hydrogen-bond donors (Lipinski definition) is 1. The van der Waals surface area contributed by atoms with Crippen LogP contribution in [0.4, 0.5) is 0 Å². The van der Waals surface area contributed by atoms with Gasteiger partial charge < -0.3 is 9.84 Å². The molecule has 1 fully saturated rings. The van der Waals surface area contributed by atoms with Crippen molar-refractivity contribution in [3.8, 4) is 0 Å². The molecule has 7 nitrogen and oxygen atoms in total. The summed E-state index contributed by atoms with van der Waals surface area (Å²) in [5.74, 6) is 1.21. The number of aromatic nitrogens is 2. The third kappa shape index (κ3) is 4.49. The average molecular weight is 378 g/mol. The van der Waals surface area contributed by atoms with Crippen LogP contribution in [-0.4, -0.2) is 49.0 Å². The Morgan fingerprint density at radius 2 is 1.88 bits per heavy atom. The summed E-state index contributed by atoms with van der Waals surface area (Å²) in [7, 11) is -1.49. The summed E-state index contributed by atoms with van der Waals surface area (Å²) in [6, 6.07) is 7.24. The van der Waals surface area contributed by atoms with E-state index in [1.165, 1.54) is 0 Å². The fourth-order valence-electron chi connectivity index (χ4n) is 3.03. The summed E-state index contributed by atoms with van der Waals surface area (Å²) in [5, 5.41) is 7.13. The Balaban J connectivity index is 1.66. The molecule has 1 aliphatic heterocycles. The van der Waals surface area contributed by atoms with Gasteiger partial charge in [-0.3, -0.25) is 0 Å². The molecule has 1 atom stereocenters. The van der Waals surface area contributed by atoms with Crippen molar-refractivity contribution in [2.45, 2.75) is 50.0 Å². The van der Waals surface area contributed by atoms with Gasteiger partial charge in [-0.1, -0.05) is 23.7 Å². The number of hydrogen-bond acceptors (Lipinski definition) is 6. The molecule has 0 spiro atoms. The molecule has 0 bridgehead atoms. The van der Waals surface area contributed by atoms with Crippen LogP contribution in [0.15, 0.2) is 33.7 Å². The Hall–Kier alpha value is -1.77. The molecule has 26 heavy (non-hydrogen) atoms. The van der Waals surface area contributed by atoms with Crippen molar-refractivity contribution < 1.29 is 12.9 Å². The summed E-state index contributed by atoms with van der Waals surface area (Å²) >= 11 is 0. The largest absolute Gasteiger partial charge is 0.339 e. The third-order valence-electron chi connectivity index (χ3n) is 4.72. The van der Waals surface area contributed by atoms with E-state index >= 15 is 0 Å². The summed E-state index contributed by atoms with van der Waals surface area (Å²) in [5.41, 5.74) is 0.944. The van der Waals surface area contributed by atoms with Crippen molar-refractivity contribution >= 4 is 10.0 Å². The first-order chi connectivity index (χ1) is 12.5. The lowest BCUT2D eigenvalue weighted by Gasteiger charge is -2.25. The van der Waals surface area contributed by atoms with Crippen LogP contribution < -0.4 is 5.32 Å². The Morgan fingerprint density at radius 3 is 2.54 bits per heavy atom. The summed E-state index contributed by atoms with van der Waals surface area (Å²) in [4.78, 5) is 4.74. The minimum absolute atomic E-state index is 0.278. The normalized spacial score (nSPS) is 17.3. The molecule has 0 saturated carbocycles. The van der Waals surface area contributed by atoms with E-state index in [0.717, 1.165) is 24.8 Å². The first-order valence-corrected chi connectivity index (χ1v) is 10.5. The van der Waals surface area contributed by atoms with E-state index in [1.807, 2.05) is 19.2 Å². The Morgan fingerprint density at radius 1 is 1.19 bits per heavy atom. The molecule has 1 unspecified atom stereocenters. The fraction of sp³-hybridized carbons (Fsp3) is 0.556. The first kappa shape index (κ1) is 19.0. The lowest BCUT2D eigenvalue weighted by atomic mass is 10.1. The quantitative estimate of drug-likeness (QED) is 0.793. The molecule has 142 valence electrons. The zero-order chi connectivity index (χ0) is 18.6. The van der Waals surface area contributed by atoms with Crippen LogP contribution in [-0.2, 0) is 22.9 Å². The third-order valence-corrected chi connectivity index (χ3v) is 6.64. The van der Waals surface area contributed by atoms with Gasteiger partial charge >= 0.3 is 0 Å². The van der Waals surface area contributed by atoms with Gasteiger partial charge in [0.05, 0.1) is 11.3 Å². The second-order valence-electron chi connectivity index (χ2n) is 6.78. The molecule has 1 aromatic carbocycles. The van der Waals surface area contributed by atoms with Gasteiger partial charge in [0.15, 0.2) is 5.82 Å². The van der Waals surface area contributed by atoms with E-state index in [1.54, 1.807) is 16.4 Å². The van der Waals surface area contributed by atoms with Gasteiger partial charge in [-0.2, -0.15) is 9.29 Å². The van der Waals surface area contributed by atoms with Crippen molar-refractivity contribution in [1.82, 2.24) is 19.8 Å². The minimum Gasteiger partial charge on any atom is -0.339 e. The van der Waals surface area contributed by atoms with Crippen LogP contribution in [0.1, 0.15) is 43.5 Å². The number of nitrogens with one attached hydrogen (secondary N) is 1. The molecule has 2 heterocycles. The number of rotatable bonds is 7.